The molecule has 0 spiro atoms. The lowest BCUT2D eigenvalue weighted by Crippen LogP contribution is -2.12. The van der Waals surface area contributed by atoms with E-state index >= 15 is 0 Å². The molecule has 0 saturated heterocycles. The lowest BCUT2D eigenvalue weighted by atomic mass is 9.95. The summed E-state index contributed by atoms with van der Waals surface area (Å²) in [5.41, 5.74) is 4.80. The summed E-state index contributed by atoms with van der Waals surface area (Å²) in [6, 6.07) is 52.2. The molecule has 0 bridgehead atoms. The van der Waals surface area contributed by atoms with Crippen molar-refractivity contribution in [2.24, 2.45) is 0 Å². The summed E-state index contributed by atoms with van der Waals surface area (Å²) < 4.78 is 158. The van der Waals surface area contributed by atoms with Crippen LogP contribution in [0.4, 0.5) is 39.5 Å². The standard InChI is InChI=1S/C28H22F3NO4.C19H14F3NO2.C17H15F3O3.C9H9IO2.C2H6/c1-2-34-26(33)22-9-5-4-8-21(22)17-11-12-23(28(29,30)31)19(13-17)15-35-27-25-20(16-36-27)14-18-7-3-6-10-24(18)32-25;20-19(21,22)15-7-3-1-6-13(15)10-24-18-17-14(11-25-18)9-12-5-2-4-8-16(12)23-17;1-2-23-16(22)14-6-4-3-5-13(14)11-7-8-15(17(18,19)20)12(9-11)10-21;1-2-12-9(11)7-5-3-4-6-8(7)10;1-2/h3-14,27H,2,15-16H2,1H3;1-9,18H,10-11H2;3-9,21H,2,10H2,1H3;3-6H,2H2,1H3;1-2H3. The Labute approximate surface area is 572 Å². The van der Waals surface area contributed by atoms with Crippen LogP contribution < -0.4 is 0 Å². The number of hydrogen-bond donors (Lipinski definition) is 1. The first-order valence-electron chi connectivity index (χ1n) is 30.9. The predicted octanol–water partition coefficient (Wildman–Crippen LogP) is 19.4. The molecule has 23 heteroatoms. The van der Waals surface area contributed by atoms with Crippen molar-refractivity contribution in [1.82, 2.24) is 9.97 Å². The minimum absolute atomic E-state index is 0.0727. The number of hydrogen-bond acceptors (Lipinski definition) is 13. The minimum Gasteiger partial charge on any atom is -0.462 e. The van der Waals surface area contributed by atoms with Crippen LogP contribution in [0.2, 0.25) is 0 Å². The average molecular weight is 1470 g/mol. The third-order valence-corrected chi connectivity index (χ3v) is 15.8. The van der Waals surface area contributed by atoms with Crippen LogP contribution in [-0.4, -0.2) is 52.8 Å². The highest BCUT2D eigenvalue weighted by atomic mass is 127. The van der Waals surface area contributed by atoms with E-state index in [4.69, 9.17) is 33.2 Å². The average Bonchev–Trinajstić information content (AvgIpc) is 1.10. The number of halogens is 10. The van der Waals surface area contributed by atoms with Crippen molar-refractivity contribution in [3.63, 3.8) is 0 Å². The van der Waals surface area contributed by atoms with Crippen LogP contribution >= 0.6 is 22.6 Å². The molecule has 2 atom stereocenters. The Morgan fingerprint density at radius 2 is 0.827 bits per heavy atom. The molecule has 2 aliphatic heterocycles. The van der Waals surface area contributed by atoms with Gasteiger partial charge in [0.25, 0.3) is 0 Å². The van der Waals surface area contributed by atoms with Gasteiger partial charge < -0.3 is 38.3 Å². The van der Waals surface area contributed by atoms with E-state index in [1.807, 2.05) is 92.7 Å². The van der Waals surface area contributed by atoms with E-state index in [0.717, 1.165) is 54.7 Å². The van der Waals surface area contributed by atoms with E-state index in [1.54, 1.807) is 81.4 Å². The van der Waals surface area contributed by atoms with Crippen molar-refractivity contribution in [1.29, 1.82) is 0 Å². The van der Waals surface area contributed by atoms with Gasteiger partial charge >= 0.3 is 36.4 Å². The van der Waals surface area contributed by atoms with Crippen LogP contribution in [0.5, 0.6) is 0 Å². The molecule has 2 unspecified atom stereocenters. The second kappa shape index (κ2) is 34.4. The van der Waals surface area contributed by atoms with Crippen molar-refractivity contribution < 1.29 is 92.2 Å². The molecule has 0 aliphatic carbocycles. The molecule has 1 N–H and O–H groups in total. The molecule has 12 rings (SSSR count). The van der Waals surface area contributed by atoms with Gasteiger partial charge in [0, 0.05) is 25.5 Å². The summed E-state index contributed by atoms with van der Waals surface area (Å²) in [5.74, 6) is -1.34. The number of alkyl halides is 9. The molecule has 13 nitrogen and oxygen atoms in total. The number of fused-ring (bicyclic) bond motifs is 4. The number of pyridine rings is 2. The van der Waals surface area contributed by atoms with E-state index in [9.17, 15) is 59.0 Å². The normalized spacial score (nSPS) is 13.8. The van der Waals surface area contributed by atoms with Gasteiger partial charge in [0.1, 0.15) is 11.4 Å². The van der Waals surface area contributed by atoms with Crippen LogP contribution in [0.1, 0.15) is 134 Å². The second-order valence-corrected chi connectivity index (χ2v) is 22.3. The van der Waals surface area contributed by atoms with Crippen molar-refractivity contribution in [3.05, 3.63) is 270 Å². The molecule has 98 heavy (non-hydrogen) atoms. The highest BCUT2D eigenvalue weighted by molar-refractivity contribution is 14.1. The fourth-order valence-electron chi connectivity index (χ4n) is 10.4. The Morgan fingerprint density at radius 3 is 1.28 bits per heavy atom. The van der Waals surface area contributed by atoms with Gasteiger partial charge in [-0.05, 0) is 161 Å². The molecule has 4 heterocycles. The third kappa shape index (κ3) is 19.0. The zero-order valence-corrected chi connectivity index (χ0v) is 55.6. The molecule has 0 radical (unpaired) electrons. The molecular formula is C75H66F9IN2O11. The van der Waals surface area contributed by atoms with Crippen molar-refractivity contribution in [2.75, 3.05) is 19.8 Å². The number of esters is 3. The molecule has 8 aromatic carbocycles. The van der Waals surface area contributed by atoms with Crippen LogP contribution in [0.25, 0.3) is 44.1 Å². The molecular weight excluding hydrogens is 1400 g/mol. The Morgan fingerprint density at radius 1 is 0.459 bits per heavy atom. The minimum atomic E-state index is -4.58. The largest absolute Gasteiger partial charge is 0.462 e. The van der Waals surface area contributed by atoms with Gasteiger partial charge in [0.2, 0.25) is 12.6 Å². The van der Waals surface area contributed by atoms with Crippen LogP contribution in [0.15, 0.2) is 194 Å². The van der Waals surface area contributed by atoms with E-state index in [0.29, 0.717) is 52.4 Å². The molecule has 10 aromatic rings. The molecule has 0 saturated carbocycles. The maximum Gasteiger partial charge on any atom is 0.416 e. The number of para-hydroxylation sites is 2. The second-order valence-electron chi connectivity index (χ2n) is 21.1. The molecule has 0 amide bonds. The first kappa shape index (κ1) is 74.7. The SMILES string of the molecule is CC.CCOC(=O)c1ccccc1-c1ccc(C(F)(F)F)c(CO)c1.CCOC(=O)c1ccccc1-c1ccc(C(F)(F)F)c(COC2OCc3cc4ccccc4nc32)c1.CCOC(=O)c1ccccc1I.FC(F)(F)c1ccccc1COC1OCc2cc3ccccc3nc21. The van der Waals surface area contributed by atoms with Crippen LogP contribution in [0.3, 0.4) is 0 Å². The van der Waals surface area contributed by atoms with E-state index in [1.165, 1.54) is 36.4 Å². The fourth-order valence-corrected chi connectivity index (χ4v) is 11.0. The number of carbonyl (C=O) groups excluding carboxylic acids is 3. The maximum absolute atomic E-state index is 13.8. The number of benzene rings is 8. The summed E-state index contributed by atoms with van der Waals surface area (Å²) in [6.07, 6.45) is -15.2. The Balaban J connectivity index is 0.000000175. The van der Waals surface area contributed by atoms with Gasteiger partial charge in [-0.15, -0.1) is 0 Å². The number of ether oxygens (including phenoxy) is 7. The van der Waals surface area contributed by atoms with Gasteiger partial charge in [0.15, 0.2) is 0 Å². The van der Waals surface area contributed by atoms with Crippen molar-refractivity contribution >= 4 is 62.3 Å². The maximum atomic E-state index is 13.8. The molecule has 2 aromatic heterocycles. The highest BCUT2D eigenvalue weighted by Gasteiger charge is 2.37. The summed E-state index contributed by atoms with van der Waals surface area (Å²) in [6.45, 7) is 9.25. The third-order valence-electron chi connectivity index (χ3n) is 14.8. The summed E-state index contributed by atoms with van der Waals surface area (Å²) >= 11 is 2.11. The fraction of sp³-hybridized carbons (Fsp3) is 0.240. The number of carbonyl (C=O) groups is 3. The zero-order valence-electron chi connectivity index (χ0n) is 53.5. The molecule has 0 fully saturated rings. The van der Waals surface area contributed by atoms with Crippen LogP contribution in [-0.2, 0) is 84.7 Å². The topological polar surface area (TPSA) is 162 Å². The van der Waals surface area contributed by atoms with Gasteiger partial charge in [-0.3, -0.25) is 0 Å². The van der Waals surface area contributed by atoms with Gasteiger partial charge in [0.05, 0.1) is 97.3 Å². The van der Waals surface area contributed by atoms with E-state index in [-0.39, 0.29) is 66.8 Å². The highest BCUT2D eigenvalue weighted by Crippen LogP contribution is 2.41. The number of aromatic nitrogens is 2. The first-order chi connectivity index (χ1) is 47.0. The molecule has 2 aliphatic rings. The van der Waals surface area contributed by atoms with Crippen molar-refractivity contribution in [3.8, 4) is 22.3 Å². The Hall–Kier alpha value is -9.11. The summed E-state index contributed by atoms with van der Waals surface area (Å²) in [7, 11) is 0. The Kier molecular flexibility index (Phi) is 26.2. The van der Waals surface area contributed by atoms with Gasteiger partial charge in [-0.1, -0.05) is 129 Å². The quantitative estimate of drug-likeness (QED) is 0.0447. The lowest BCUT2D eigenvalue weighted by Gasteiger charge is -2.18. The zero-order chi connectivity index (χ0) is 70.7. The number of rotatable bonds is 15. The summed E-state index contributed by atoms with van der Waals surface area (Å²) in [4.78, 5) is 44.8. The van der Waals surface area contributed by atoms with E-state index in [2.05, 4.69) is 32.6 Å². The van der Waals surface area contributed by atoms with Crippen molar-refractivity contribution in [2.45, 2.75) is 98.8 Å². The number of aliphatic hydroxyl groups is 1. The Bertz CT molecular complexity index is 4390. The number of aliphatic hydroxyl groups excluding tert-OH is 1. The molecule has 512 valence electrons. The lowest BCUT2D eigenvalue weighted by molar-refractivity contribution is -0.154. The predicted molar refractivity (Wildman–Crippen MR) is 358 cm³/mol. The summed E-state index contributed by atoms with van der Waals surface area (Å²) in [5, 5.41) is 11.2. The van der Waals surface area contributed by atoms with Gasteiger partial charge in [-0.2, -0.15) is 39.5 Å². The smallest absolute Gasteiger partial charge is 0.416 e. The van der Waals surface area contributed by atoms with Gasteiger partial charge in [-0.25, -0.2) is 24.4 Å². The first-order valence-corrected chi connectivity index (χ1v) is 31.9. The number of nitrogens with zero attached hydrogens (tertiary/aromatic N) is 2. The monoisotopic (exact) mass is 1470 g/mol. The van der Waals surface area contributed by atoms with Crippen LogP contribution in [0, 0.1) is 3.57 Å². The van der Waals surface area contributed by atoms with E-state index < -0.39 is 66.3 Å².